The van der Waals surface area contributed by atoms with E-state index >= 15 is 0 Å². The van der Waals surface area contributed by atoms with Gasteiger partial charge in [0.05, 0.1) is 25.6 Å². The Hall–Kier alpha value is -1.41. The number of nitrogens with zero attached hydrogens (tertiary/aromatic N) is 4. The second-order valence-corrected chi connectivity index (χ2v) is 3.83. The number of hydrogen-bond donors (Lipinski definition) is 1. The van der Waals surface area contributed by atoms with Crippen LogP contribution in [-0.2, 0) is 13.1 Å². The van der Waals surface area contributed by atoms with E-state index in [0.29, 0.717) is 25.4 Å². The zero-order chi connectivity index (χ0) is 11.1. The number of aromatic nitrogens is 3. The van der Waals surface area contributed by atoms with Crippen LogP contribution in [0.15, 0.2) is 6.33 Å². The average molecular weight is 207 g/mol. The third-order valence-electron chi connectivity index (χ3n) is 1.97. The normalized spacial score (nSPS) is 10.5. The molecule has 0 amide bonds. The molecule has 0 unspecified atom stereocenters. The summed E-state index contributed by atoms with van der Waals surface area (Å²) in [5, 5.41) is 15.8. The molecule has 0 saturated carbocycles. The van der Waals surface area contributed by atoms with Crippen LogP contribution >= 0.6 is 0 Å². The molecule has 1 aromatic rings. The van der Waals surface area contributed by atoms with E-state index in [2.05, 4.69) is 35.3 Å². The lowest BCUT2D eigenvalue weighted by molar-refractivity contribution is 0.514. The molecule has 0 radical (unpaired) electrons. The third kappa shape index (κ3) is 4.09. The van der Waals surface area contributed by atoms with Crippen LogP contribution < -0.4 is 5.32 Å². The summed E-state index contributed by atoms with van der Waals surface area (Å²) < 4.78 is 1.77. The molecule has 0 spiro atoms. The molecular weight excluding hydrogens is 190 g/mol. The number of rotatable bonds is 6. The monoisotopic (exact) mass is 207 g/mol. The lowest BCUT2D eigenvalue weighted by Crippen LogP contribution is -2.21. The molecule has 1 heterocycles. The van der Waals surface area contributed by atoms with Crippen molar-refractivity contribution >= 4 is 0 Å². The molecule has 0 bridgehead atoms. The molecule has 1 aromatic heterocycles. The highest BCUT2D eigenvalue weighted by Gasteiger charge is 2.03. The maximum absolute atomic E-state index is 8.48. The molecule has 1 rings (SSSR count). The van der Waals surface area contributed by atoms with Gasteiger partial charge in [-0.25, -0.2) is 9.67 Å². The highest BCUT2D eigenvalue weighted by molar-refractivity contribution is 4.85. The fraction of sp³-hybridized carbons (Fsp3) is 0.700. The van der Waals surface area contributed by atoms with Crippen molar-refractivity contribution in [2.75, 3.05) is 6.54 Å². The van der Waals surface area contributed by atoms with Gasteiger partial charge in [0.15, 0.2) is 0 Å². The van der Waals surface area contributed by atoms with Gasteiger partial charge in [-0.05, 0) is 12.5 Å². The second-order valence-electron chi connectivity index (χ2n) is 3.83. The third-order valence-corrected chi connectivity index (χ3v) is 1.97. The van der Waals surface area contributed by atoms with Gasteiger partial charge in [-0.3, -0.25) is 0 Å². The Bertz CT molecular complexity index is 323. The van der Waals surface area contributed by atoms with Crippen molar-refractivity contribution in [3.8, 4) is 6.07 Å². The smallest absolute Gasteiger partial charge is 0.140 e. The van der Waals surface area contributed by atoms with Crippen LogP contribution in [0.5, 0.6) is 0 Å². The summed E-state index contributed by atoms with van der Waals surface area (Å²) in [6.07, 6.45) is 2.00. The van der Waals surface area contributed by atoms with E-state index in [1.54, 1.807) is 4.68 Å². The van der Waals surface area contributed by atoms with Crippen molar-refractivity contribution in [1.82, 2.24) is 20.1 Å². The Balaban J connectivity index is 2.40. The molecule has 15 heavy (non-hydrogen) atoms. The standard InChI is InChI=1S/C10H17N5/c1-9(2)6-12-7-10-13-8-14-15(10)5-3-4-11/h8-9,12H,3,5-7H2,1-2H3. The first-order valence-corrected chi connectivity index (χ1v) is 5.18. The lowest BCUT2D eigenvalue weighted by Gasteiger charge is -2.07. The highest BCUT2D eigenvalue weighted by Crippen LogP contribution is 1.96. The molecule has 82 valence electrons. The number of nitriles is 1. The van der Waals surface area contributed by atoms with E-state index in [-0.39, 0.29) is 0 Å². The first kappa shape index (κ1) is 11.7. The van der Waals surface area contributed by atoms with E-state index in [0.717, 1.165) is 12.4 Å². The minimum atomic E-state index is 0.473. The van der Waals surface area contributed by atoms with E-state index in [1.165, 1.54) is 6.33 Å². The highest BCUT2D eigenvalue weighted by atomic mass is 15.3. The van der Waals surface area contributed by atoms with Gasteiger partial charge >= 0.3 is 0 Å². The molecule has 0 aliphatic carbocycles. The summed E-state index contributed by atoms with van der Waals surface area (Å²) in [5.41, 5.74) is 0. The molecule has 0 aromatic carbocycles. The summed E-state index contributed by atoms with van der Waals surface area (Å²) in [6.45, 7) is 6.62. The zero-order valence-corrected chi connectivity index (χ0v) is 9.27. The fourth-order valence-electron chi connectivity index (χ4n) is 1.24. The van der Waals surface area contributed by atoms with Gasteiger partial charge in [0.25, 0.3) is 0 Å². The Morgan fingerprint density at radius 1 is 1.60 bits per heavy atom. The maximum atomic E-state index is 8.48. The van der Waals surface area contributed by atoms with Crippen LogP contribution in [0.3, 0.4) is 0 Å². The molecule has 0 aliphatic rings. The van der Waals surface area contributed by atoms with Gasteiger partial charge in [-0.15, -0.1) is 0 Å². The van der Waals surface area contributed by atoms with E-state index in [4.69, 9.17) is 5.26 Å². The molecule has 0 saturated heterocycles. The van der Waals surface area contributed by atoms with Crippen molar-refractivity contribution in [2.24, 2.45) is 5.92 Å². The molecule has 1 N–H and O–H groups in total. The number of nitrogens with one attached hydrogen (secondary N) is 1. The second kappa shape index (κ2) is 6.14. The molecule has 0 atom stereocenters. The van der Waals surface area contributed by atoms with Gasteiger partial charge in [-0.1, -0.05) is 13.8 Å². The Morgan fingerprint density at radius 2 is 2.40 bits per heavy atom. The maximum Gasteiger partial charge on any atom is 0.140 e. The van der Waals surface area contributed by atoms with Crippen LogP contribution in [0.1, 0.15) is 26.1 Å². The lowest BCUT2D eigenvalue weighted by atomic mass is 10.2. The largest absolute Gasteiger partial charge is 0.310 e. The van der Waals surface area contributed by atoms with Crippen LogP contribution in [0, 0.1) is 17.2 Å². The topological polar surface area (TPSA) is 66.5 Å². The summed E-state index contributed by atoms with van der Waals surface area (Å²) in [5.74, 6) is 1.52. The van der Waals surface area contributed by atoms with Crippen molar-refractivity contribution in [3.63, 3.8) is 0 Å². The van der Waals surface area contributed by atoms with Crippen molar-refractivity contribution < 1.29 is 0 Å². The average Bonchev–Trinajstić information content (AvgIpc) is 2.62. The van der Waals surface area contributed by atoms with Crippen LogP contribution in [0.4, 0.5) is 0 Å². The van der Waals surface area contributed by atoms with Gasteiger partial charge in [0.1, 0.15) is 12.2 Å². The van der Waals surface area contributed by atoms with E-state index < -0.39 is 0 Å². The first-order chi connectivity index (χ1) is 7.24. The first-order valence-electron chi connectivity index (χ1n) is 5.18. The summed E-state index contributed by atoms with van der Waals surface area (Å²) in [4.78, 5) is 4.15. The van der Waals surface area contributed by atoms with Crippen LogP contribution in [-0.4, -0.2) is 21.3 Å². The SMILES string of the molecule is CC(C)CNCc1ncnn1CCC#N. The number of hydrogen-bond acceptors (Lipinski definition) is 4. The van der Waals surface area contributed by atoms with Crippen molar-refractivity contribution in [1.29, 1.82) is 5.26 Å². The van der Waals surface area contributed by atoms with Crippen molar-refractivity contribution in [3.05, 3.63) is 12.2 Å². The van der Waals surface area contributed by atoms with E-state index in [9.17, 15) is 0 Å². The number of aryl methyl sites for hydroxylation is 1. The van der Waals surface area contributed by atoms with Crippen molar-refractivity contribution in [2.45, 2.75) is 33.4 Å². The predicted octanol–water partition coefficient (Wildman–Crippen LogP) is 0.937. The van der Waals surface area contributed by atoms with E-state index in [1.807, 2.05) is 0 Å². The Morgan fingerprint density at radius 3 is 3.07 bits per heavy atom. The predicted molar refractivity (Wildman–Crippen MR) is 56.8 cm³/mol. The quantitative estimate of drug-likeness (QED) is 0.753. The van der Waals surface area contributed by atoms with Gasteiger partial charge in [0.2, 0.25) is 0 Å². The summed E-state index contributed by atoms with van der Waals surface area (Å²) in [6, 6.07) is 2.10. The Kier molecular flexibility index (Phi) is 4.78. The van der Waals surface area contributed by atoms with Gasteiger partial charge in [0, 0.05) is 0 Å². The molecule has 5 nitrogen and oxygen atoms in total. The minimum absolute atomic E-state index is 0.473. The fourth-order valence-corrected chi connectivity index (χ4v) is 1.24. The zero-order valence-electron chi connectivity index (χ0n) is 9.27. The van der Waals surface area contributed by atoms with Gasteiger partial charge in [-0.2, -0.15) is 10.4 Å². The molecular formula is C10H17N5. The van der Waals surface area contributed by atoms with Gasteiger partial charge < -0.3 is 5.32 Å². The molecule has 0 aliphatic heterocycles. The molecule has 0 fully saturated rings. The molecule has 5 heteroatoms. The summed E-state index contributed by atoms with van der Waals surface area (Å²) in [7, 11) is 0. The Labute approximate surface area is 90.1 Å². The summed E-state index contributed by atoms with van der Waals surface area (Å²) >= 11 is 0. The minimum Gasteiger partial charge on any atom is -0.310 e. The van der Waals surface area contributed by atoms with Crippen LogP contribution in [0.25, 0.3) is 0 Å². The van der Waals surface area contributed by atoms with Crippen LogP contribution in [0.2, 0.25) is 0 Å².